The monoisotopic (exact) mass is 402 g/mol. The fourth-order valence-electron chi connectivity index (χ4n) is 6.02. The van der Waals surface area contributed by atoms with E-state index in [0.29, 0.717) is 18.8 Å². The smallest absolute Gasteiger partial charge is 0.338 e. The largest absolute Gasteiger partial charge is 0.383 e. The molecule has 1 heterocycles. The molecule has 6 heteroatoms. The zero-order valence-electron chi connectivity index (χ0n) is 16.7. The molecule has 5 aliphatic rings. The van der Waals surface area contributed by atoms with Crippen LogP contribution in [0.1, 0.15) is 39.2 Å². The lowest BCUT2D eigenvalue weighted by molar-refractivity contribution is -0.254. The van der Waals surface area contributed by atoms with Crippen LogP contribution in [0.25, 0.3) is 0 Å². The van der Waals surface area contributed by atoms with E-state index < -0.39 is 32.2 Å². The van der Waals surface area contributed by atoms with E-state index in [0.717, 1.165) is 12.0 Å². The van der Waals surface area contributed by atoms with Gasteiger partial charge in [0.1, 0.15) is 10.7 Å². The SMILES string of the molecule is Cc1ccc(S(=O)(=O)OC2=C[C@]34CC5(O)OCC(C)(C3=CCC4C)C25C)cc1. The summed E-state index contributed by atoms with van der Waals surface area (Å²) in [7, 11) is -4.01. The van der Waals surface area contributed by atoms with Crippen molar-refractivity contribution in [1.29, 1.82) is 0 Å². The van der Waals surface area contributed by atoms with Crippen LogP contribution in [0.2, 0.25) is 0 Å². The zero-order chi connectivity index (χ0) is 20.2. The first-order valence-corrected chi connectivity index (χ1v) is 11.2. The van der Waals surface area contributed by atoms with Crippen LogP contribution < -0.4 is 0 Å². The lowest BCUT2D eigenvalue weighted by Crippen LogP contribution is -2.64. The zero-order valence-corrected chi connectivity index (χ0v) is 17.5. The van der Waals surface area contributed by atoms with E-state index in [1.807, 2.05) is 19.9 Å². The molecule has 4 aliphatic carbocycles. The van der Waals surface area contributed by atoms with Gasteiger partial charge in [-0.25, -0.2) is 0 Å². The van der Waals surface area contributed by atoms with Crippen molar-refractivity contribution in [2.45, 2.75) is 51.2 Å². The van der Waals surface area contributed by atoms with Gasteiger partial charge in [-0.2, -0.15) is 8.42 Å². The number of benzene rings is 1. The molecule has 28 heavy (non-hydrogen) atoms. The number of aryl methyl sites for hydroxylation is 1. The quantitative estimate of drug-likeness (QED) is 0.617. The fourth-order valence-corrected chi connectivity index (χ4v) is 7.03. The van der Waals surface area contributed by atoms with Gasteiger partial charge in [-0.05, 0) is 44.4 Å². The summed E-state index contributed by atoms with van der Waals surface area (Å²) in [6.07, 6.45) is 5.58. The molecule has 5 nitrogen and oxygen atoms in total. The van der Waals surface area contributed by atoms with Crippen LogP contribution in [0.4, 0.5) is 0 Å². The van der Waals surface area contributed by atoms with Gasteiger partial charge in [-0.1, -0.05) is 43.2 Å². The maximum atomic E-state index is 13.0. The van der Waals surface area contributed by atoms with Crippen LogP contribution in [0.5, 0.6) is 0 Å². The molecule has 5 atom stereocenters. The molecule has 4 unspecified atom stereocenters. The summed E-state index contributed by atoms with van der Waals surface area (Å²) in [5.74, 6) is -0.877. The maximum Gasteiger partial charge on any atom is 0.338 e. The highest BCUT2D eigenvalue weighted by Crippen LogP contribution is 2.77. The van der Waals surface area contributed by atoms with E-state index in [1.165, 1.54) is 5.57 Å². The minimum Gasteiger partial charge on any atom is -0.383 e. The molecular weight excluding hydrogens is 376 g/mol. The van der Waals surface area contributed by atoms with Crippen molar-refractivity contribution in [3.8, 4) is 0 Å². The molecule has 0 amide bonds. The predicted octanol–water partition coefficient (Wildman–Crippen LogP) is 3.69. The third kappa shape index (κ3) is 1.87. The first-order valence-electron chi connectivity index (χ1n) is 9.81. The summed E-state index contributed by atoms with van der Waals surface area (Å²) in [6.45, 7) is 8.35. The Morgan fingerprint density at radius 3 is 2.57 bits per heavy atom. The highest BCUT2D eigenvalue weighted by Gasteiger charge is 2.79. The Labute approximate surface area is 166 Å². The van der Waals surface area contributed by atoms with E-state index >= 15 is 0 Å². The Bertz CT molecular complexity index is 1040. The second-order valence-corrected chi connectivity index (χ2v) is 10.9. The van der Waals surface area contributed by atoms with E-state index in [2.05, 4.69) is 19.9 Å². The topological polar surface area (TPSA) is 72.8 Å². The Balaban J connectivity index is 1.67. The number of ether oxygens (including phenoxy) is 1. The van der Waals surface area contributed by atoms with Crippen molar-refractivity contribution in [2.75, 3.05) is 6.61 Å². The fraction of sp³-hybridized carbons (Fsp3) is 0.545. The summed E-state index contributed by atoms with van der Waals surface area (Å²) in [6, 6.07) is 6.61. The highest BCUT2D eigenvalue weighted by molar-refractivity contribution is 7.86. The molecule has 1 N–H and O–H groups in total. The van der Waals surface area contributed by atoms with Crippen molar-refractivity contribution in [3.05, 3.63) is 53.3 Å². The van der Waals surface area contributed by atoms with Gasteiger partial charge in [0, 0.05) is 17.3 Å². The van der Waals surface area contributed by atoms with Crippen molar-refractivity contribution in [3.63, 3.8) is 0 Å². The molecule has 1 saturated heterocycles. The molecule has 150 valence electrons. The summed E-state index contributed by atoms with van der Waals surface area (Å²) < 4.78 is 37.8. The molecule has 1 aromatic carbocycles. The molecule has 1 aromatic rings. The molecule has 0 aromatic heterocycles. The van der Waals surface area contributed by atoms with Crippen molar-refractivity contribution < 1.29 is 22.4 Å². The van der Waals surface area contributed by atoms with Gasteiger partial charge in [-0.15, -0.1) is 0 Å². The van der Waals surface area contributed by atoms with E-state index in [9.17, 15) is 13.5 Å². The van der Waals surface area contributed by atoms with Gasteiger partial charge < -0.3 is 14.0 Å². The average molecular weight is 403 g/mol. The second-order valence-electron chi connectivity index (χ2n) is 9.36. The van der Waals surface area contributed by atoms with Crippen LogP contribution in [-0.2, 0) is 19.0 Å². The Kier molecular flexibility index (Phi) is 3.35. The Morgan fingerprint density at radius 2 is 1.89 bits per heavy atom. The third-order valence-electron chi connectivity index (χ3n) is 8.06. The summed E-state index contributed by atoms with van der Waals surface area (Å²) in [5, 5.41) is 11.5. The van der Waals surface area contributed by atoms with Crippen molar-refractivity contribution >= 4 is 10.1 Å². The summed E-state index contributed by atoms with van der Waals surface area (Å²) in [5.41, 5.74) is 0.351. The lowest BCUT2D eigenvalue weighted by Gasteiger charge is -2.61. The van der Waals surface area contributed by atoms with Gasteiger partial charge >= 0.3 is 10.1 Å². The number of allylic oxidation sites excluding steroid dienone is 2. The normalized spacial score (nSPS) is 43.5. The lowest BCUT2D eigenvalue weighted by atomic mass is 9.42. The first-order chi connectivity index (χ1) is 13.0. The molecule has 4 bridgehead atoms. The molecule has 1 saturated carbocycles. The number of aliphatic hydroxyl groups is 1. The van der Waals surface area contributed by atoms with Gasteiger partial charge in [0.15, 0.2) is 5.79 Å². The van der Waals surface area contributed by atoms with Gasteiger partial charge in [0.2, 0.25) is 0 Å². The van der Waals surface area contributed by atoms with Crippen LogP contribution in [0.3, 0.4) is 0 Å². The molecule has 6 rings (SSSR count). The summed E-state index contributed by atoms with van der Waals surface area (Å²) in [4.78, 5) is 0.113. The third-order valence-corrected chi connectivity index (χ3v) is 9.31. The van der Waals surface area contributed by atoms with Crippen LogP contribution in [-0.4, -0.2) is 25.9 Å². The second kappa shape index (κ2) is 5.10. The van der Waals surface area contributed by atoms with Gasteiger partial charge in [-0.3, -0.25) is 0 Å². The number of hydrogen-bond donors (Lipinski definition) is 1. The molecule has 0 radical (unpaired) electrons. The summed E-state index contributed by atoms with van der Waals surface area (Å²) >= 11 is 0. The standard InChI is InChI=1S/C22H26O5S/c1-14-5-8-16(9-6-14)28(24,25)27-18-11-21-12-22(23)20(18,4)19(3,13-26-22)17(21)10-7-15(21)2/h5-6,8-11,15,23H,7,12-13H2,1-4H3/t15?,19?,20?,21-,22?/m1/s1. The molecule has 2 fully saturated rings. The Morgan fingerprint density at radius 1 is 1.21 bits per heavy atom. The van der Waals surface area contributed by atoms with Gasteiger partial charge in [0.25, 0.3) is 0 Å². The minimum atomic E-state index is -4.01. The highest BCUT2D eigenvalue weighted by atomic mass is 32.2. The number of rotatable bonds is 3. The van der Waals surface area contributed by atoms with Gasteiger partial charge in [0.05, 0.1) is 12.0 Å². The van der Waals surface area contributed by atoms with Crippen LogP contribution in [0.15, 0.2) is 52.6 Å². The van der Waals surface area contributed by atoms with Crippen molar-refractivity contribution in [2.24, 2.45) is 22.2 Å². The van der Waals surface area contributed by atoms with E-state index in [4.69, 9.17) is 8.92 Å². The molecule has 1 spiro atoms. The van der Waals surface area contributed by atoms with E-state index in [1.54, 1.807) is 24.3 Å². The molecular formula is C22H26O5S. The molecule has 1 aliphatic heterocycles. The van der Waals surface area contributed by atoms with Crippen LogP contribution in [0, 0.1) is 29.1 Å². The van der Waals surface area contributed by atoms with E-state index in [-0.39, 0.29) is 10.8 Å². The minimum absolute atomic E-state index is 0.113. The number of hydrogen-bond acceptors (Lipinski definition) is 5. The van der Waals surface area contributed by atoms with Crippen molar-refractivity contribution in [1.82, 2.24) is 0 Å². The van der Waals surface area contributed by atoms with Crippen LogP contribution >= 0.6 is 0 Å². The first kappa shape index (κ1) is 18.4. The maximum absolute atomic E-state index is 13.0. The predicted molar refractivity (Wildman–Crippen MR) is 104 cm³/mol. The average Bonchev–Trinajstić information content (AvgIpc) is 3.00. The Hall–Kier alpha value is -1.63.